The van der Waals surface area contributed by atoms with Crippen LogP contribution in [0.1, 0.15) is 34.1 Å². The number of likely N-dealkylation sites (tertiary alicyclic amines) is 1. The van der Waals surface area contributed by atoms with Crippen LogP contribution in [0.3, 0.4) is 0 Å². The van der Waals surface area contributed by atoms with Crippen LogP contribution in [0.15, 0.2) is 42.7 Å². The molecule has 0 radical (unpaired) electrons. The summed E-state index contributed by atoms with van der Waals surface area (Å²) in [4.78, 5) is 6.75. The minimum absolute atomic E-state index is 0. The second kappa shape index (κ2) is 10.1. The molecule has 5 rings (SSSR count). The maximum absolute atomic E-state index is 13.5. The molecule has 2 saturated heterocycles. The Morgan fingerprint density at radius 1 is 1.03 bits per heavy atom. The zero-order chi connectivity index (χ0) is 23.5. The van der Waals surface area contributed by atoms with Crippen molar-refractivity contribution in [3.63, 3.8) is 0 Å². The number of hydrogen-bond donors (Lipinski definition) is 2. The molecule has 1 atom stereocenters. The lowest BCUT2D eigenvalue weighted by Gasteiger charge is -2.34. The summed E-state index contributed by atoms with van der Waals surface area (Å²) in [5.74, 6) is -0.970. The van der Waals surface area contributed by atoms with Crippen molar-refractivity contribution in [2.45, 2.75) is 44.8 Å². The molecule has 1 unspecified atom stereocenters. The van der Waals surface area contributed by atoms with Crippen molar-refractivity contribution in [3.05, 3.63) is 59.9 Å². The van der Waals surface area contributed by atoms with Gasteiger partial charge >= 0.3 is 0 Å². The van der Waals surface area contributed by atoms with Crippen LogP contribution >= 0.6 is 0 Å². The van der Waals surface area contributed by atoms with Crippen molar-refractivity contribution >= 4 is 17.3 Å². The number of aromatic nitrogens is 3. The van der Waals surface area contributed by atoms with Gasteiger partial charge in [0.05, 0.1) is 11.8 Å². The van der Waals surface area contributed by atoms with E-state index in [1.165, 1.54) is 36.0 Å². The average Bonchev–Trinajstić information content (AvgIpc) is 3.46. The maximum Gasteiger partial charge on any atom is 0.246 e. The summed E-state index contributed by atoms with van der Waals surface area (Å²) in [7, 11) is 0. The molecular formula is C25H34F2N6O. The largest absolute Gasteiger partial charge is 0.382 e. The van der Waals surface area contributed by atoms with Crippen molar-refractivity contribution < 1.29 is 16.4 Å². The molecule has 184 valence electrons. The number of ether oxygens (including phenoxy) is 1. The topological polar surface area (TPSA) is 67.2 Å². The van der Waals surface area contributed by atoms with E-state index in [4.69, 9.17) is 4.74 Å². The second-order valence-corrected chi connectivity index (χ2v) is 9.21. The smallest absolute Gasteiger partial charge is 0.246 e. The van der Waals surface area contributed by atoms with Gasteiger partial charge in [-0.15, -0.1) is 5.10 Å². The number of nitrogens with one attached hydrogen (secondary N) is 2. The van der Waals surface area contributed by atoms with Crippen LogP contribution in [0, 0.1) is 18.6 Å². The van der Waals surface area contributed by atoms with Gasteiger partial charge in [-0.05, 0) is 68.5 Å². The van der Waals surface area contributed by atoms with Gasteiger partial charge in [0.2, 0.25) is 5.95 Å². The molecule has 7 nitrogen and oxygen atoms in total. The van der Waals surface area contributed by atoms with E-state index >= 15 is 0 Å². The number of benzene rings is 2. The van der Waals surface area contributed by atoms with Crippen LogP contribution in [0.2, 0.25) is 0 Å². The predicted octanol–water partition coefficient (Wildman–Crippen LogP) is 5.14. The molecule has 2 N–H and O–H groups in total. The Labute approximate surface area is 201 Å². The summed E-state index contributed by atoms with van der Waals surface area (Å²) in [6, 6.07) is 9.85. The molecule has 34 heavy (non-hydrogen) atoms. The lowest BCUT2D eigenvalue weighted by atomic mass is 10.0. The van der Waals surface area contributed by atoms with Gasteiger partial charge in [0.25, 0.3) is 0 Å². The fourth-order valence-electron chi connectivity index (χ4n) is 4.76. The van der Waals surface area contributed by atoms with Crippen LogP contribution in [0.25, 0.3) is 5.69 Å². The monoisotopic (exact) mass is 472 g/mol. The van der Waals surface area contributed by atoms with Crippen molar-refractivity contribution in [3.8, 4) is 5.69 Å². The molecule has 2 aliphatic rings. The standard InChI is InChI=1S/C25H30F2N6O.2H2/c1-17-9-21(29-20-4-6-32(7-5-20)15-24-3-2-8-34-24)14-22(10-17)30-25-28-16-33(31-25)23-12-18(26)11-19(27)13-23;;/h9-14,16,20,24,29H,2-8,15H2,1H3,(H,30,31);2*1H. The summed E-state index contributed by atoms with van der Waals surface area (Å²) in [5, 5.41) is 11.2. The minimum atomic E-state index is -0.660. The third-order valence-electron chi connectivity index (χ3n) is 6.38. The van der Waals surface area contributed by atoms with Gasteiger partial charge in [-0.25, -0.2) is 13.5 Å². The lowest BCUT2D eigenvalue weighted by molar-refractivity contribution is 0.0654. The number of rotatable bonds is 7. The highest BCUT2D eigenvalue weighted by Crippen LogP contribution is 2.25. The normalized spacial score (nSPS) is 19.4. The van der Waals surface area contributed by atoms with Gasteiger partial charge in [-0.2, -0.15) is 4.98 Å². The average molecular weight is 473 g/mol. The highest BCUT2D eigenvalue weighted by atomic mass is 19.1. The first-order valence-corrected chi connectivity index (χ1v) is 11.9. The van der Waals surface area contributed by atoms with Gasteiger partial charge < -0.3 is 20.3 Å². The van der Waals surface area contributed by atoms with E-state index in [9.17, 15) is 8.78 Å². The van der Waals surface area contributed by atoms with Crippen molar-refractivity contribution in [2.75, 3.05) is 36.9 Å². The first kappa shape index (κ1) is 22.7. The maximum atomic E-state index is 13.5. The molecule has 2 fully saturated rings. The van der Waals surface area contributed by atoms with Crippen LogP contribution < -0.4 is 10.6 Å². The Morgan fingerprint density at radius 3 is 2.53 bits per heavy atom. The summed E-state index contributed by atoms with van der Waals surface area (Å²) >= 11 is 0. The van der Waals surface area contributed by atoms with E-state index in [-0.39, 0.29) is 8.54 Å². The third-order valence-corrected chi connectivity index (χ3v) is 6.38. The number of hydrogen-bond acceptors (Lipinski definition) is 6. The van der Waals surface area contributed by atoms with Gasteiger partial charge in [0.1, 0.15) is 18.0 Å². The van der Waals surface area contributed by atoms with E-state index < -0.39 is 11.6 Å². The summed E-state index contributed by atoms with van der Waals surface area (Å²) in [5.41, 5.74) is 3.28. The molecule has 3 aromatic rings. The predicted molar refractivity (Wildman–Crippen MR) is 132 cm³/mol. The number of aryl methyl sites for hydroxylation is 1. The molecule has 9 heteroatoms. The molecule has 0 saturated carbocycles. The van der Waals surface area contributed by atoms with Crippen LogP contribution in [-0.2, 0) is 4.74 Å². The zero-order valence-electron chi connectivity index (χ0n) is 19.3. The first-order chi connectivity index (χ1) is 16.5. The number of nitrogens with zero attached hydrogens (tertiary/aromatic N) is 4. The van der Waals surface area contributed by atoms with Crippen molar-refractivity contribution in [1.29, 1.82) is 0 Å². The molecule has 2 aromatic carbocycles. The van der Waals surface area contributed by atoms with Gasteiger partial charge in [0.15, 0.2) is 0 Å². The quantitative estimate of drug-likeness (QED) is 0.496. The first-order valence-electron chi connectivity index (χ1n) is 11.9. The van der Waals surface area contributed by atoms with Crippen molar-refractivity contribution in [1.82, 2.24) is 19.7 Å². The highest BCUT2D eigenvalue weighted by molar-refractivity contribution is 5.63. The fraction of sp³-hybridized carbons (Fsp3) is 0.440. The Bertz CT molecular complexity index is 1110. The number of piperidine rings is 1. The molecule has 0 bridgehead atoms. The van der Waals surface area contributed by atoms with Gasteiger partial charge in [0, 0.05) is 52.6 Å². The van der Waals surface area contributed by atoms with E-state index in [2.05, 4.69) is 31.7 Å². The molecule has 1 aromatic heterocycles. The molecule has 0 aliphatic carbocycles. The SMILES string of the molecule is Cc1cc(Nc2ncn(-c3cc(F)cc(F)c3)n2)cc(NC2CCN(CC3CCCO3)CC2)c1.[HH].[HH]. The molecular weight excluding hydrogens is 438 g/mol. The highest BCUT2D eigenvalue weighted by Gasteiger charge is 2.24. The van der Waals surface area contributed by atoms with Gasteiger partial charge in [-0.1, -0.05) is 0 Å². The summed E-state index contributed by atoms with van der Waals surface area (Å²) in [6.45, 7) is 6.16. The Hall–Kier alpha value is -3.04. The number of anilines is 3. The van der Waals surface area contributed by atoms with Crippen LogP contribution in [0.4, 0.5) is 26.1 Å². The van der Waals surface area contributed by atoms with E-state index in [0.717, 1.165) is 62.1 Å². The summed E-state index contributed by atoms with van der Waals surface area (Å²) in [6.07, 6.45) is 6.40. The third kappa shape index (κ3) is 5.71. The zero-order valence-corrected chi connectivity index (χ0v) is 19.3. The minimum Gasteiger partial charge on any atom is -0.382 e. The van der Waals surface area contributed by atoms with Crippen LogP contribution in [-0.4, -0.2) is 58.1 Å². The fourth-order valence-corrected chi connectivity index (χ4v) is 4.76. The Balaban J connectivity index is 0.00000180. The summed E-state index contributed by atoms with van der Waals surface area (Å²) < 4.78 is 34.2. The molecule has 0 amide bonds. The van der Waals surface area contributed by atoms with E-state index in [1.807, 2.05) is 19.1 Å². The lowest BCUT2D eigenvalue weighted by Crippen LogP contribution is -2.42. The Kier molecular flexibility index (Phi) is 6.73. The second-order valence-electron chi connectivity index (χ2n) is 9.21. The van der Waals surface area contributed by atoms with E-state index in [1.54, 1.807) is 0 Å². The van der Waals surface area contributed by atoms with Crippen molar-refractivity contribution in [2.24, 2.45) is 0 Å². The molecule has 2 aliphatic heterocycles. The molecule has 3 heterocycles. The van der Waals surface area contributed by atoms with Crippen LogP contribution in [0.5, 0.6) is 0 Å². The molecule has 0 spiro atoms. The van der Waals surface area contributed by atoms with E-state index in [0.29, 0.717) is 18.1 Å². The van der Waals surface area contributed by atoms with Gasteiger partial charge in [-0.3, -0.25) is 0 Å². The number of halogens is 2. The Morgan fingerprint density at radius 2 is 1.79 bits per heavy atom.